The number of benzene rings is 1. The number of nitrogens with zero attached hydrogens (tertiary/aromatic N) is 3. The number of ether oxygens (including phenoxy) is 1. The number of carbonyl (C=O) groups is 3. The third kappa shape index (κ3) is 5.59. The van der Waals surface area contributed by atoms with Gasteiger partial charge in [-0.3, -0.25) is 20.2 Å². The van der Waals surface area contributed by atoms with Crippen molar-refractivity contribution in [2.75, 3.05) is 10.6 Å². The molecule has 11 heteroatoms. The lowest BCUT2D eigenvalue weighted by Gasteiger charge is -2.25. The van der Waals surface area contributed by atoms with Crippen LogP contribution in [0.3, 0.4) is 0 Å². The van der Waals surface area contributed by atoms with E-state index in [1.807, 2.05) is 19.9 Å². The first-order chi connectivity index (χ1) is 18.8. The van der Waals surface area contributed by atoms with Crippen molar-refractivity contribution in [2.45, 2.75) is 84.3 Å². The topological polar surface area (TPSA) is 154 Å². The molecule has 2 aromatic heterocycles. The molecule has 2 fully saturated rings. The van der Waals surface area contributed by atoms with E-state index in [1.165, 1.54) is 23.9 Å². The average Bonchev–Trinajstić information content (AvgIpc) is 3.26. The van der Waals surface area contributed by atoms with Gasteiger partial charge in [-0.05, 0) is 64.9 Å². The number of amides is 3. The minimum atomic E-state index is -0.739. The lowest BCUT2D eigenvalue weighted by atomic mass is 9.79. The Morgan fingerprint density at radius 1 is 1.18 bits per heavy atom. The Bertz CT molecular complexity index is 1440. The van der Waals surface area contributed by atoms with Gasteiger partial charge < -0.3 is 15.0 Å². The summed E-state index contributed by atoms with van der Waals surface area (Å²) in [6.07, 6.45) is 4.35. The fraction of sp³-hybridized carbons (Fsp3) is 0.483. The predicted octanol–water partition coefficient (Wildman–Crippen LogP) is 5.40. The molecular weight excluding hydrogens is 512 g/mol. The summed E-state index contributed by atoms with van der Waals surface area (Å²) in [4.78, 5) is 37.7. The van der Waals surface area contributed by atoms with Crippen LogP contribution >= 0.6 is 0 Å². The molecule has 5 rings (SSSR count). The van der Waals surface area contributed by atoms with E-state index in [9.17, 15) is 14.4 Å². The van der Waals surface area contributed by atoms with Crippen molar-refractivity contribution in [1.82, 2.24) is 14.9 Å². The number of anilines is 2. The zero-order chi connectivity index (χ0) is 28.8. The van der Waals surface area contributed by atoms with Crippen LogP contribution in [0.15, 0.2) is 34.9 Å². The number of nitrogens with two attached hydrogens (primary N) is 1. The molecule has 2 aliphatic carbocycles. The van der Waals surface area contributed by atoms with Gasteiger partial charge in [-0.25, -0.2) is 9.48 Å². The molecule has 2 saturated carbocycles. The van der Waals surface area contributed by atoms with Gasteiger partial charge in [0.1, 0.15) is 22.7 Å². The largest absolute Gasteiger partial charge is 0.444 e. The van der Waals surface area contributed by atoms with Gasteiger partial charge >= 0.3 is 6.09 Å². The van der Waals surface area contributed by atoms with E-state index in [-0.39, 0.29) is 29.8 Å². The van der Waals surface area contributed by atoms with Crippen molar-refractivity contribution in [1.29, 1.82) is 0 Å². The Hall–Kier alpha value is -4.15. The standard InChI is InChI=1S/C29H36N6O5/c1-16(2)35-26(32-27(38)39-28(3,4)5)23(25(30)37)24(33-35)18-9-7-17(8-10-18)13-21(36)31-22-14-20(34-40-22)19-15-29(19)11-6-12-29/h7-10,14,16,19H,6,11-13,15H2,1-5H3,(H2,30,37)(H,31,36)(H,32,38). The van der Waals surface area contributed by atoms with Crippen LogP contribution in [0.5, 0.6) is 0 Å². The highest BCUT2D eigenvalue weighted by Crippen LogP contribution is 2.70. The Morgan fingerprint density at radius 3 is 2.42 bits per heavy atom. The molecule has 1 aromatic carbocycles. The third-order valence-corrected chi connectivity index (χ3v) is 7.54. The number of hydrogen-bond donors (Lipinski definition) is 3. The van der Waals surface area contributed by atoms with Crippen LogP contribution in [-0.2, 0) is 16.0 Å². The van der Waals surface area contributed by atoms with Gasteiger partial charge in [0, 0.05) is 23.6 Å². The molecule has 3 aromatic rings. The number of rotatable bonds is 8. The summed E-state index contributed by atoms with van der Waals surface area (Å²) < 4.78 is 12.3. The van der Waals surface area contributed by atoms with Crippen LogP contribution in [0.2, 0.25) is 0 Å². The maximum Gasteiger partial charge on any atom is 0.413 e. The van der Waals surface area contributed by atoms with Crippen molar-refractivity contribution < 1.29 is 23.6 Å². The van der Waals surface area contributed by atoms with Gasteiger partial charge in [-0.1, -0.05) is 35.8 Å². The van der Waals surface area contributed by atoms with E-state index < -0.39 is 17.6 Å². The van der Waals surface area contributed by atoms with Crippen molar-refractivity contribution in [3.05, 3.63) is 47.2 Å². The average molecular weight is 549 g/mol. The van der Waals surface area contributed by atoms with Crippen LogP contribution in [0.1, 0.15) is 93.9 Å². The molecule has 1 spiro atoms. The first-order valence-corrected chi connectivity index (χ1v) is 13.6. The summed E-state index contributed by atoms with van der Waals surface area (Å²) in [5.41, 5.74) is 8.13. The molecule has 1 atom stereocenters. The number of carbonyl (C=O) groups excluding carboxylic acids is 3. The van der Waals surface area contributed by atoms with Crippen LogP contribution in [0.4, 0.5) is 16.5 Å². The first-order valence-electron chi connectivity index (χ1n) is 13.6. The monoisotopic (exact) mass is 548 g/mol. The molecule has 3 amide bonds. The van der Waals surface area contributed by atoms with E-state index in [0.717, 1.165) is 17.7 Å². The van der Waals surface area contributed by atoms with E-state index in [0.29, 0.717) is 28.5 Å². The lowest BCUT2D eigenvalue weighted by Crippen LogP contribution is -2.29. The molecule has 0 saturated heterocycles. The molecule has 1 unspecified atom stereocenters. The first kappa shape index (κ1) is 27.4. The molecule has 11 nitrogen and oxygen atoms in total. The number of hydrogen-bond acceptors (Lipinski definition) is 7. The molecule has 2 aliphatic rings. The maximum atomic E-state index is 12.7. The van der Waals surface area contributed by atoms with Crippen molar-refractivity contribution >= 4 is 29.6 Å². The van der Waals surface area contributed by atoms with E-state index >= 15 is 0 Å². The summed E-state index contributed by atoms with van der Waals surface area (Å²) in [7, 11) is 0. The minimum absolute atomic E-state index is 0.0746. The summed E-state index contributed by atoms with van der Waals surface area (Å²) in [5.74, 6) is 0.00420. The second-order valence-corrected chi connectivity index (χ2v) is 12.1. The van der Waals surface area contributed by atoms with Crippen LogP contribution in [-0.4, -0.2) is 38.4 Å². The summed E-state index contributed by atoms with van der Waals surface area (Å²) in [6.45, 7) is 8.98. The van der Waals surface area contributed by atoms with Crippen LogP contribution in [0.25, 0.3) is 11.3 Å². The Balaban J connectivity index is 1.29. The maximum absolute atomic E-state index is 12.7. The minimum Gasteiger partial charge on any atom is -0.444 e. The Labute approximate surface area is 232 Å². The number of primary amides is 1. The molecule has 4 N–H and O–H groups in total. The second kappa shape index (κ2) is 10.1. The predicted molar refractivity (Wildman–Crippen MR) is 149 cm³/mol. The highest BCUT2D eigenvalue weighted by molar-refractivity contribution is 6.06. The zero-order valence-corrected chi connectivity index (χ0v) is 23.5. The summed E-state index contributed by atoms with van der Waals surface area (Å²) in [5, 5.41) is 14.2. The molecule has 212 valence electrons. The Morgan fingerprint density at radius 2 is 1.88 bits per heavy atom. The summed E-state index contributed by atoms with van der Waals surface area (Å²) in [6, 6.07) is 8.73. The number of aromatic nitrogens is 3. The smallest absolute Gasteiger partial charge is 0.413 e. The van der Waals surface area contributed by atoms with E-state index in [2.05, 4.69) is 20.9 Å². The zero-order valence-electron chi connectivity index (χ0n) is 23.5. The van der Waals surface area contributed by atoms with Gasteiger partial charge in [0.15, 0.2) is 0 Å². The highest BCUT2D eigenvalue weighted by Gasteiger charge is 2.59. The molecular formula is C29H36N6O5. The van der Waals surface area contributed by atoms with Gasteiger partial charge in [-0.15, -0.1) is 0 Å². The number of nitrogens with one attached hydrogen (secondary N) is 2. The van der Waals surface area contributed by atoms with E-state index in [4.69, 9.17) is 15.0 Å². The fourth-order valence-corrected chi connectivity index (χ4v) is 5.37. The van der Waals surface area contributed by atoms with Gasteiger partial charge in [0.05, 0.1) is 12.1 Å². The van der Waals surface area contributed by atoms with Crippen molar-refractivity contribution in [2.24, 2.45) is 11.1 Å². The molecule has 2 heterocycles. The SMILES string of the molecule is CC(C)n1nc(-c2ccc(CC(=O)Nc3cc(C4CC45CCC5)no3)cc2)c(C(N)=O)c1NC(=O)OC(C)(C)C. The van der Waals surface area contributed by atoms with Gasteiger partial charge in [0.25, 0.3) is 5.91 Å². The lowest BCUT2D eigenvalue weighted by molar-refractivity contribution is -0.115. The van der Waals surface area contributed by atoms with E-state index in [1.54, 1.807) is 45.0 Å². The summed E-state index contributed by atoms with van der Waals surface area (Å²) >= 11 is 0. The van der Waals surface area contributed by atoms with Crippen molar-refractivity contribution in [3.63, 3.8) is 0 Å². The third-order valence-electron chi connectivity index (χ3n) is 7.54. The molecule has 40 heavy (non-hydrogen) atoms. The fourth-order valence-electron chi connectivity index (χ4n) is 5.37. The highest BCUT2D eigenvalue weighted by atomic mass is 16.6. The molecule has 0 radical (unpaired) electrons. The van der Waals surface area contributed by atoms with Crippen LogP contribution in [0, 0.1) is 5.41 Å². The second-order valence-electron chi connectivity index (χ2n) is 12.1. The Kier molecular flexibility index (Phi) is 6.93. The quantitative estimate of drug-likeness (QED) is 0.340. The van der Waals surface area contributed by atoms with Crippen LogP contribution < -0.4 is 16.4 Å². The van der Waals surface area contributed by atoms with Gasteiger partial charge in [0.2, 0.25) is 11.8 Å². The van der Waals surface area contributed by atoms with Crippen molar-refractivity contribution in [3.8, 4) is 11.3 Å². The normalized spacial score (nSPS) is 17.4. The van der Waals surface area contributed by atoms with Gasteiger partial charge in [-0.2, -0.15) is 5.10 Å². The molecule has 0 aliphatic heterocycles. The molecule has 0 bridgehead atoms.